The van der Waals surface area contributed by atoms with Gasteiger partial charge < -0.3 is 4.90 Å². The molecule has 4 heteroatoms. The topological polar surface area (TPSA) is 16.1 Å². The van der Waals surface area contributed by atoms with Gasteiger partial charge in [0.1, 0.15) is 4.60 Å². The largest absolute Gasteiger partial charge is 0.345 e. The normalized spacial score (nSPS) is 21.2. The fraction of sp³-hybridized carbons (Fsp3) is 0.700. The number of nitrogens with zero attached hydrogens (tertiary/aromatic N) is 2. The summed E-state index contributed by atoms with van der Waals surface area (Å²) in [6, 6.07) is 0.800. The minimum Gasteiger partial charge on any atom is -0.345 e. The van der Waals surface area contributed by atoms with Crippen molar-refractivity contribution in [3.63, 3.8) is 0 Å². The van der Waals surface area contributed by atoms with Gasteiger partial charge in [-0.25, -0.2) is 4.98 Å². The molecular formula is C10H13BrN2S. The van der Waals surface area contributed by atoms with Crippen LogP contribution in [0, 0.1) is 5.92 Å². The van der Waals surface area contributed by atoms with Crippen molar-refractivity contribution in [2.45, 2.75) is 31.7 Å². The molecule has 1 aromatic heterocycles. The van der Waals surface area contributed by atoms with Gasteiger partial charge in [-0.05, 0) is 47.5 Å². The van der Waals surface area contributed by atoms with Crippen molar-refractivity contribution in [3.8, 4) is 0 Å². The molecule has 0 saturated heterocycles. The fourth-order valence-corrected chi connectivity index (χ4v) is 3.06. The molecule has 0 N–H and O–H groups in total. The summed E-state index contributed by atoms with van der Waals surface area (Å²) in [6.07, 6.45) is 5.58. The van der Waals surface area contributed by atoms with Crippen molar-refractivity contribution >= 4 is 32.4 Å². The summed E-state index contributed by atoms with van der Waals surface area (Å²) in [5, 5.41) is 3.30. The van der Waals surface area contributed by atoms with Gasteiger partial charge in [0.15, 0.2) is 5.13 Å². The Morgan fingerprint density at radius 3 is 2.71 bits per heavy atom. The fourth-order valence-electron chi connectivity index (χ4n) is 1.73. The lowest BCUT2D eigenvalue weighted by Crippen LogP contribution is -2.27. The highest BCUT2D eigenvalue weighted by Gasteiger charge is 2.34. The van der Waals surface area contributed by atoms with Crippen molar-refractivity contribution in [1.29, 1.82) is 0 Å². The zero-order valence-electron chi connectivity index (χ0n) is 7.95. The first-order valence-electron chi connectivity index (χ1n) is 5.20. The Morgan fingerprint density at radius 1 is 1.43 bits per heavy atom. The lowest BCUT2D eigenvalue weighted by Gasteiger charge is -2.20. The van der Waals surface area contributed by atoms with Crippen molar-refractivity contribution in [2.24, 2.45) is 5.92 Å². The number of aromatic nitrogens is 1. The van der Waals surface area contributed by atoms with Crippen molar-refractivity contribution < 1.29 is 0 Å². The standard InChI is InChI=1S/C10H13BrN2S/c11-9-6-14-10(12-9)13(8-3-4-8)5-7-1-2-7/h6-8H,1-5H2. The molecule has 1 aromatic rings. The third kappa shape index (κ3) is 1.96. The maximum atomic E-state index is 4.51. The highest BCUT2D eigenvalue weighted by molar-refractivity contribution is 9.10. The minimum absolute atomic E-state index is 0.800. The third-order valence-corrected chi connectivity index (χ3v) is 4.44. The highest BCUT2D eigenvalue weighted by atomic mass is 79.9. The number of anilines is 1. The monoisotopic (exact) mass is 272 g/mol. The summed E-state index contributed by atoms with van der Waals surface area (Å²) >= 11 is 5.19. The van der Waals surface area contributed by atoms with Gasteiger partial charge in [-0.15, -0.1) is 11.3 Å². The molecule has 0 spiro atoms. The van der Waals surface area contributed by atoms with E-state index in [1.54, 1.807) is 11.3 Å². The van der Waals surface area contributed by atoms with Gasteiger partial charge in [0.2, 0.25) is 0 Å². The van der Waals surface area contributed by atoms with Crippen molar-refractivity contribution in [1.82, 2.24) is 4.98 Å². The summed E-state index contributed by atoms with van der Waals surface area (Å²) in [5.41, 5.74) is 0. The molecule has 1 heterocycles. The molecule has 76 valence electrons. The van der Waals surface area contributed by atoms with E-state index in [0.29, 0.717) is 0 Å². The van der Waals surface area contributed by atoms with E-state index in [9.17, 15) is 0 Å². The van der Waals surface area contributed by atoms with E-state index in [2.05, 4.69) is 31.2 Å². The summed E-state index contributed by atoms with van der Waals surface area (Å²) < 4.78 is 0.985. The minimum atomic E-state index is 0.800. The van der Waals surface area contributed by atoms with Crippen LogP contribution >= 0.6 is 27.3 Å². The molecule has 2 saturated carbocycles. The van der Waals surface area contributed by atoms with Gasteiger partial charge in [-0.3, -0.25) is 0 Å². The maximum absolute atomic E-state index is 4.51. The van der Waals surface area contributed by atoms with Crippen LogP contribution in [-0.2, 0) is 0 Å². The summed E-state index contributed by atoms with van der Waals surface area (Å²) in [4.78, 5) is 7.04. The third-order valence-electron chi connectivity index (χ3n) is 2.85. The van der Waals surface area contributed by atoms with E-state index in [-0.39, 0.29) is 0 Å². The number of halogens is 1. The van der Waals surface area contributed by atoms with Crippen LogP contribution in [0.25, 0.3) is 0 Å². The van der Waals surface area contributed by atoms with E-state index in [4.69, 9.17) is 0 Å². The Labute approximate surface area is 96.5 Å². The zero-order valence-corrected chi connectivity index (χ0v) is 10.4. The summed E-state index contributed by atoms with van der Waals surface area (Å²) in [5.74, 6) is 0.957. The molecule has 2 aliphatic carbocycles. The number of thiazole rings is 1. The van der Waals surface area contributed by atoms with E-state index in [0.717, 1.165) is 16.6 Å². The van der Waals surface area contributed by atoms with Gasteiger partial charge in [-0.1, -0.05) is 0 Å². The second-order valence-corrected chi connectivity index (χ2v) is 5.93. The van der Waals surface area contributed by atoms with E-state index in [1.165, 1.54) is 37.4 Å². The molecule has 0 aliphatic heterocycles. The maximum Gasteiger partial charge on any atom is 0.186 e. The molecule has 2 aliphatic rings. The van der Waals surface area contributed by atoms with Crippen LogP contribution in [-0.4, -0.2) is 17.6 Å². The first-order valence-corrected chi connectivity index (χ1v) is 6.88. The molecular weight excluding hydrogens is 260 g/mol. The molecule has 0 amide bonds. The zero-order chi connectivity index (χ0) is 9.54. The summed E-state index contributed by atoms with van der Waals surface area (Å²) in [7, 11) is 0. The average Bonchev–Trinajstić information content (AvgIpc) is 3.04. The summed E-state index contributed by atoms with van der Waals surface area (Å²) in [6.45, 7) is 1.24. The van der Waals surface area contributed by atoms with E-state index in [1.807, 2.05) is 0 Å². The van der Waals surface area contributed by atoms with Crippen LogP contribution in [0.2, 0.25) is 0 Å². The molecule has 0 radical (unpaired) electrons. The van der Waals surface area contributed by atoms with Gasteiger partial charge in [0, 0.05) is 18.0 Å². The van der Waals surface area contributed by atoms with Crippen LogP contribution in [0.4, 0.5) is 5.13 Å². The number of rotatable bonds is 4. The van der Waals surface area contributed by atoms with Gasteiger partial charge >= 0.3 is 0 Å². The number of hydrogen-bond acceptors (Lipinski definition) is 3. The predicted molar refractivity (Wildman–Crippen MR) is 62.9 cm³/mol. The van der Waals surface area contributed by atoms with Crippen LogP contribution in [0.3, 0.4) is 0 Å². The highest BCUT2D eigenvalue weighted by Crippen LogP contribution is 2.39. The Morgan fingerprint density at radius 2 is 2.21 bits per heavy atom. The molecule has 2 fully saturated rings. The lowest BCUT2D eigenvalue weighted by molar-refractivity contribution is 0.716. The molecule has 0 aromatic carbocycles. The SMILES string of the molecule is Brc1csc(N(CC2CC2)C2CC2)n1. The van der Waals surface area contributed by atoms with Gasteiger partial charge in [-0.2, -0.15) is 0 Å². The Balaban J connectivity index is 1.75. The van der Waals surface area contributed by atoms with E-state index < -0.39 is 0 Å². The van der Waals surface area contributed by atoms with Crippen LogP contribution in [0.5, 0.6) is 0 Å². The number of hydrogen-bond donors (Lipinski definition) is 0. The van der Waals surface area contributed by atoms with Crippen molar-refractivity contribution in [2.75, 3.05) is 11.4 Å². The van der Waals surface area contributed by atoms with E-state index >= 15 is 0 Å². The Bertz CT molecular complexity index is 331. The van der Waals surface area contributed by atoms with Gasteiger partial charge in [0.25, 0.3) is 0 Å². The van der Waals surface area contributed by atoms with Crippen LogP contribution in [0.15, 0.2) is 9.98 Å². The van der Waals surface area contributed by atoms with Crippen molar-refractivity contribution in [3.05, 3.63) is 9.98 Å². The predicted octanol–water partition coefficient (Wildman–Crippen LogP) is 3.28. The lowest BCUT2D eigenvalue weighted by atomic mass is 10.4. The molecule has 2 nitrogen and oxygen atoms in total. The molecule has 0 bridgehead atoms. The molecule has 3 rings (SSSR count). The smallest absolute Gasteiger partial charge is 0.186 e. The first-order chi connectivity index (χ1) is 6.83. The Kier molecular flexibility index (Phi) is 2.28. The van der Waals surface area contributed by atoms with Crippen LogP contribution < -0.4 is 4.90 Å². The van der Waals surface area contributed by atoms with Gasteiger partial charge in [0.05, 0.1) is 0 Å². The van der Waals surface area contributed by atoms with Crippen LogP contribution in [0.1, 0.15) is 25.7 Å². The average molecular weight is 273 g/mol. The second-order valence-electron chi connectivity index (χ2n) is 4.28. The molecule has 0 unspecified atom stereocenters. The Hall–Kier alpha value is -0.0900. The quantitative estimate of drug-likeness (QED) is 0.837. The first kappa shape index (κ1) is 9.16. The molecule has 0 atom stereocenters. The second kappa shape index (κ2) is 3.49. The molecule has 14 heavy (non-hydrogen) atoms.